The second kappa shape index (κ2) is 9.34. The molecule has 7 nitrogen and oxygen atoms in total. The van der Waals surface area contributed by atoms with Gasteiger partial charge in [-0.15, -0.1) is 0 Å². The van der Waals surface area contributed by atoms with Crippen molar-refractivity contribution < 1.29 is 9.53 Å². The lowest BCUT2D eigenvalue weighted by Gasteiger charge is -2.14. The van der Waals surface area contributed by atoms with Gasteiger partial charge in [-0.25, -0.2) is 9.36 Å². The molecule has 4 rings (SSSR count). The number of methoxy groups -OCH3 is 1. The van der Waals surface area contributed by atoms with E-state index in [2.05, 4.69) is 5.32 Å². The maximum atomic E-state index is 13.3. The Morgan fingerprint density at radius 3 is 2.31 bits per heavy atom. The van der Waals surface area contributed by atoms with Crippen molar-refractivity contribution in [3.05, 3.63) is 105 Å². The predicted octanol–water partition coefficient (Wildman–Crippen LogP) is 2.52. The van der Waals surface area contributed by atoms with Gasteiger partial charge in [0, 0.05) is 6.54 Å². The summed E-state index contributed by atoms with van der Waals surface area (Å²) in [7, 11) is 1.54. The maximum absolute atomic E-state index is 13.3. The number of nitrogens with one attached hydrogen (secondary N) is 1. The third-order valence-electron chi connectivity index (χ3n) is 5.26. The van der Waals surface area contributed by atoms with Gasteiger partial charge in [-0.2, -0.15) is 0 Å². The summed E-state index contributed by atoms with van der Waals surface area (Å²) < 4.78 is 7.57. The summed E-state index contributed by atoms with van der Waals surface area (Å²) in [4.78, 5) is 39.0. The van der Waals surface area contributed by atoms with Crippen molar-refractivity contribution in [3.63, 3.8) is 0 Å². The second-order valence-corrected chi connectivity index (χ2v) is 7.31. The average Bonchev–Trinajstić information content (AvgIpc) is 2.83. The smallest absolute Gasteiger partial charge is 0.336 e. The van der Waals surface area contributed by atoms with Gasteiger partial charge in [0.2, 0.25) is 5.91 Å². The van der Waals surface area contributed by atoms with Crippen LogP contribution in [0.2, 0.25) is 0 Å². The molecule has 0 aliphatic heterocycles. The van der Waals surface area contributed by atoms with Crippen LogP contribution in [0.25, 0.3) is 16.6 Å². The molecule has 0 saturated heterocycles. The van der Waals surface area contributed by atoms with E-state index in [1.54, 1.807) is 55.6 Å². The van der Waals surface area contributed by atoms with Crippen LogP contribution in [0.1, 0.15) is 5.56 Å². The molecule has 0 radical (unpaired) electrons. The van der Waals surface area contributed by atoms with Gasteiger partial charge in [0.15, 0.2) is 0 Å². The Morgan fingerprint density at radius 1 is 0.906 bits per heavy atom. The maximum Gasteiger partial charge on any atom is 0.336 e. The van der Waals surface area contributed by atoms with E-state index < -0.39 is 11.2 Å². The fraction of sp³-hybridized carbons (Fsp3) is 0.160. The lowest BCUT2D eigenvalue weighted by Crippen LogP contribution is -2.42. The molecule has 0 bridgehead atoms. The third kappa shape index (κ3) is 4.32. The summed E-state index contributed by atoms with van der Waals surface area (Å²) in [6.45, 7) is 0.262. The molecule has 0 spiro atoms. The normalized spacial score (nSPS) is 10.8. The van der Waals surface area contributed by atoms with Crippen LogP contribution in [0, 0.1) is 0 Å². The Kier molecular flexibility index (Phi) is 6.17. The SMILES string of the molecule is COc1ccc(-n2c(=O)c3ccccc3n(CC(=O)NCCc3ccccc3)c2=O)cc1. The highest BCUT2D eigenvalue weighted by Gasteiger charge is 2.16. The van der Waals surface area contributed by atoms with Crippen LogP contribution < -0.4 is 21.3 Å². The summed E-state index contributed by atoms with van der Waals surface area (Å²) in [5.41, 5.74) is 0.937. The van der Waals surface area contributed by atoms with Gasteiger partial charge in [0.1, 0.15) is 12.3 Å². The number of para-hydroxylation sites is 1. The van der Waals surface area contributed by atoms with Crippen molar-refractivity contribution >= 4 is 16.8 Å². The number of ether oxygens (including phenoxy) is 1. The number of hydrogen-bond acceptors (Lipinski definition) is 4. The van der Waals surface area contributed by atoms with E-state index >= 15 is 0 Å². The fourth-order valence-corrected chi connectivity index (χ4v) is 3.62. The van der Waals surface area contributed by atoms with Gasteiger partial charge in [-0.3, -0.25) is 14.2 Å². The molecule has 0 fully saturated rings. The number of fused-ring (bicyclic) bond motifs is 1. The lowest BCUT2D eigenvalue weighted by molar-refractivity contribution is -0.121. The standard InChI is InChI=1S/C25H23N3O4/c1-32-20-13-11-19(12-14-20)28-24(30)21-9-5-6-10-22(21)27(25(28)31)17-23(29)26-16-15-18-7-3-2-4-8-18/h2-14H,15-17H2,1H3,(H,26,29). The van der Waals surface area contributed by atoms with Crippen molar-refractivity contribution in [2.75, 3.05) is 13.7 Å². The van der Waals surface area contributed by atoms with E-state index in [0.717, 1.165) is 10.1 Å². The van der Waals surface area contributed by atoms with Crippen molar-refractivity contribution in [1.82, 2.24) is 14.5 Å². The van der Waals surface area contributed by atoms with Gasteiger partial charge in [0.05, 0.1) is 23.7 Å². The first kappa shape index (κ1) is 21.1. The summed E-state index contributed by atoms with van der Waals surface area (Å²) in [5.74, 6) is 0.314. The van der Waals surface area contributed by atoms with Gasteiger partial charge >= 0.3 is 5.69 Å². The van der Waals surface area contributed by atoms with Crippen LogP contribution in [-0.2, 0) is 17.8 Å². The van der Waals surface area contributed by atoms with Gasteiger partial charge in [-0.1, -0.05) is 42.5 Å². The Labute approximate surface area is 184 Å². The van der Waals surface area contributed by atoms with E-state index in [0.29, 0.717) is 35.3 Å². The third-order valence-corrected chi connectivity index (χ3v) is 5.26. The lowest BCUT2D eigenvalue weighted by atomic mass is 10.1. The van der Waals surface area contributed by atoms with E-state index in [4.69, 9.17) is 4.74 Å². The highest BCUT2D eigenvalue weighted by atomic mass is 16.5. The van der Waals surface area contributed by atoms with Crippen molar-refractivity contribution in [3.8, 4) is 11.4 Å². The van der Waals surface area contributed by atoms with Crippen molar-refractivity contribution in [2.45, 2.75) is 13.0 Å². The van der Waals surface area contributed by atoms with Crippen LogP contribution in [0.4, 0.5) is 0 Å². The van der Waals surface area contributed by atoms with E-state index in [1.165, 1.54) is 4.57 Å². The summed E-state index contributed by atoms with van der Waals surface area (Å²) in [6, 6.07) is 23.3. The first-order valence-corrected chi connectivity index (χ1v) is 10.3. The average molecular weight is 429 g/mol. The topological polar surface area (TPSA) is 82.3 Å². The van der Waals surface area contributed by atoms with Gasteiger partial charge < -0.3 is 10.1 Å². The van der Waals surface area contributed by atoms with Crippen LogP contribution in [0.3, 0.4) is 0 Å². The van der Waals surface area contributed by atoms with Crippen LogP contribution >= 0.6 is 0 Å². The Morgan fingerprint density at radius 2 is 1.59 bits per heavy atom. The molecule has 3 aromatic carbocycles. The number of nitrogens with zero attached hydrogens (tertiary/aromatic N) is 2. The molecular weight excluding hydrogens is 406 g/mol. The van der Waals surface area contributed by atoms with Crippen LogP contribution in [0.15, 0.2) is 88.5 Å². The Hall–Kier alpha value is -4.13. The predicted molar refractivity (Wildman–Crippen MR) is 124 cm³/mol. The molecule has 1 heterocycles. The molecule has 32 heavy (non-hydrogen) atoms. The minimum Gasteiger partial charge on any atom is -0.497 e. The number of carbonyl (C=O) groups excluding carboxylic acids is 1. The number of amides is 1. The summed E-state index contributed by atoms with van der Waals surface area (Å²) >= 11 is 0. The van der Waals surface area contributed by atoms with Crippen molar-refractivity contribution in [1.29, 1.82) is 0 Å². The van der Waals surface area contributed by atoms with E-state index in [1.807, 2.05) is 30.3 Å². The van der Waals surface area contributed by atoms with E-state index in [9.17, 15) is 14.4 Å². The molecule has 162 valence electrons. The van der Waals surface area contributed by atoms with Crippen LogP contribution in [-0.4, -0.2) is 28.7 Å². The zero-order valence-electron chi connectivity index (χ0n) is 17.7. The van der Waals surface area contributed by atoms with Crippen LogP contribution in [0.5, 0.6) is 5.75 Å². The minimum absolute atomic E-state index is 0.190. The minimum atomic E-state index is -0.572. The number of carbonyl (C=O) groups is 1. The molecule has 1 aromatic heterocycles. The molecule has 1 amide bonds. The zero-order chi connectivity index (χ0) is 22.5. The molecule has 4 aromatic rings. The van der Waals surface area contributed by atoms with E-state index in [-0.39, 0.29) is 12.5 Å². The zero-order valence-corrected chi connectivity index (χ0v) is 17.7. The summed E-state index contributed by atoms with van der Waals surface area (Å²) in [5, 5.41) is 3.22. The largest absolute Gasteiger partial charge is 0.497 e. The molecular formula is C25H23N3O4. The highest BCUT2D eigenvalue weighted by Crippen LogP contribution is 2.14. The van der Waals surface area contributed by atoms with Gasteiger partial charge in [-0.05, 0) is 48.4 Å². The molecule has 7 heteroatoms. The Balaban J connectivity index is 1.66. The van der Waals surface area contributed by atoms with Gasteiger partial charge in [0.25, 0.3) is 5.56 Å². The molecule has 0 saturated carbocycles. The monoisotopic (exact) mass is 429 g/mol. The summed E-state index contributed by atoms with van der Waals surface area (Å²) in [6.07, 6.45) is 0.688. The fourth-order valence-electron chi connectivity index (χ4n) is 3.62. The quantitative estimate of drug-likeness (QED) is 0.489. The number of hydrogen-bond donors (Lipinski definition) is 1. The number of benzene rings is 3. The first-order valence-electron chi connectivity index (χ1n) is 10.3. The number of aromatic nitrogens is 2. The van der Waals surface area contributed by atoms with Crippen molar-refractivity contribution in [2.24, 2.45) is 0 Å². The highest BCUT2D eigenvalue weighted by molar-refractivity contribution is 5.81. The first-order chi connectivity index (χ1) is 15.6. The molecule has 0 aliphatic carbocycles. The second-order valence-electron chi connectivity index (χ2n) is 7.31. The molecule has 1 N–H and O–H groups in total. The molecule has 0 atom stereocenters. The molecule has 0 aliphatic rings. The number of rotatable bonds is 7. The molecule has 0 unspecified atom stereocenters. The Bertz CT molecular complexity index is 1360.